The highest BCUT2D eigenvalue weighted by molar-refractivity contribution is 5.06. The van der Waals surface area contributed by atoms with Crippen molar-refractivity contribution in [3.05, 3.63) is 0 Å². The van der Waals surface area contributed by atoms with Crippen LogP contribution in [0.5, 0.6) is 0 Å². The van der Waals surface area contributed by atoms with Gasteiger partial charge in [-0.15, -0.1) is 0 Å². The highest BCUT2D eigenvalue weighted by Gasteiger charge is 2.41. The predicted octanol–water partition coefficient (Wildman–Crippen LogP) is 2.21. The van der Waals surface area contributed by atoms with E-state index in [1.54, 1.807) is 0 Å². The van der Waals surface area contributed by atoms with E-state index in [2.05, 4.69) is 11.4 Å². The zero-order valence-corrected chi connectivity index (χ0v) is 8.18. The van der Waals surface area contributed by atoms with Crippen molar-refractivity contribution in [2.45, 2.75) is 51.0 Å². The molecule has 2 heteroatoms. The molecule has 1 saturated heterocycles. The molecule has 2 aliphatic rings. The summed E-state index contributed by atoms with van der Waals surface area (Å²) in [5, 5.41) is 12.5. The van der Waals surface area contributed by atoms with Gasteiger partial charge >= 0.3 is 0 Å². The number of hydrogen-bond acceptors (Lipinski definition) is 2. The molecule has 0 bridgehead atoms. The van der Waals surface area contributed by atoms with Gasteiger partial charge in [-0.3, -0.25) is 0 Å². The van der Waals surface area contributed by atoms with Crippen molar-refractivity contribution in [2.75, 3.05) is 6.54 Å². The monoisotopic (exact) mass is 178 g/mol. The molecular weight excluding hydrogens is 160 g/mol. The van der Waals surface area contributed by atoms with E-state index in [-0.39, 0.29) is 6.04 Å². The second kappa shape index (κ2) is 3.67. The van der Waals surface area contributed by atoms with Gasteiger partial charge in [0.1, 0.15) is 6.04 Å². The molecule has 1 atom stereocenters. The molecule has 1 N–H and O–H groups in total. The normalized spacial score (nSPS) is 32.7. The summed E-state index contributed by atoms with van der Waals surface area (Å²) < 4.78 is 0. The quantitative estimate of drug-likeness (QED) is 0.617. The lowest BCUT2D eigenvalue weighted by atomic mass is 9.65. The van der Waals surface area contributed by atoms with Crippen LogP contribution in [0.4, 0.5) is 0 Å². The maximum Gasteiger partial charge on any atom is 0.101 e. The number of hydrogen-bond donors (Lipinski definition) is 1. The average Bonchev–Trinajstić information content (AvgIpc) is 2.20. The van der Waals surface area contributed by atoms with E-state index >= 15 is 0 Å². The lowest BCUT2D eigenvalue weighted by molar-refractivity contribution is 0.108. The number of nitrogens with zero attached hydrogens (tertiary/aromatic N) is 1. The minimum absolute atomic E-state index is 0.140. The Labute approximate surface area is 80.3 Å². The van der Waals surface area contributed by atoms with Crippen molar-refractivity contribution in [3.8, 4) is 6.07 Å². The van der Waals surface area contributed by atoms with Crippen LogP contribution in [0.1, 0.15) is 44.9 Å². The Morgan fingerprint density at radius 3 is 2.46 bits per heavy atom. The Morgan fingerprint density at radius 2 is 1.77 bits per heavy atom. The van der Waals surface area contributed by atoms with Gasteiger partial charge in [0.15, 0.2) is 0 Å². The third-order valence-electron chi connectivity index (χ3n) is 3.79. The van der Waals surface area contributed by atoms with E-state index < -0.39 is 0 Å². The number of piperidine rings is 1. The van der Waals surface area contributed by atoms with E-state index in [0.717, 1.165) is 6.54 Å². The van der Waals surface area contributed by atoms with Crippen molar-refractivity contribution in [1.82, 2.24) is 5.32 Å². The van der Waals surface area contributed by atoms with Gasteiger partial charge in [-0.1, -0.05) is 19.3 Å². The van der Waals surface area contributed by atoms with Gasteiger partial charge in [-0.05, 0) is 37.6 Å². The Hall–Kier alpha value is -0.550. The van der Waals surface area contributed by atoms with Gasteiger partial charge in [0.2, 0.25) is 0 Å². The first-order valence-electron chi connectivity index (χ1n) is 5.50. The molecule has 2 fully saturated rings. The maximum atomic E-state index is 9.10. The molecule has 0 aromatic carbocycles. The highest BCUT2D eigenvalue weighted by Crippen LogP contribution is 2.44. The molecule has 13 heavy (non-hydrogen) atoms. The molecule has 0 amide bonds. The summed E-state index contributed by atoms with van der Waals surface area (Å²) >= 11 is 0. The fourth-order valence-corrected chi connectivity index (χ4v) is 3.02. The standard InChI is InChI=1S/C11H18N2/c12-9-10-11(7-4-8-13-10)5-2-1-3-6-11/h10,13H,1-8H2. The minimum atomic E-state index is 0.140. The van der Waals surface area contributed by atoms with Crippen molar-refractivity contribution in [3.63, 3.8) is 0 Å². The van der Waals surface area contributed by atoms with Gasteiger partial charge < -0.3 is 5.32 Å². The highest BCUT2D eigenvalue weighted by atomic mass is 14.9. The van der Waals surface area contributed by atoms with Crippen molar-refractivity contribution < 1.29 is 0 Å². The predicted molar refractivity (Wildman–Crippen MR) is 52.2 cm³/mol. The molecule has 0 radical (unpaired) electrons. The van der Waals surface area contributed by atoms with Crippen molar-refractivity contribution in [2.24, 2.45) is 5.41 Å². The first kappa shape index (κ1) is 9.02. The maximum absolute atomic E-state index is 9.10. The van der Waals surface area contributed by atoms with Crippen LogP contribution < -0.4 is 5.32 Å². The summed E-state index contributed by atoms with van der Waals surface area (Å²) in [5.41, 5.74) is 0.352. The Kier molecular flexibility index (Phi) is 2.55. The van der Waals surface area contributed by atoms with E-state index in [1.807, 2.05) is 0 Å². The molecule has 2 nitrogen and oxygen atoms in total. The lowest BCUT2D eigenvalue weighted by Gasteiger charge is -2.44. The topological polar surface area (TPSA) is 35.8 Å². The number of rotatable bonds is 0. The molecule has 72 valence electrons. The SMILES string of the molecule is N#CC1NCCCC12CCCCC2. The van der Waals surface area contributed by atoms with E-state index in [4.69, 9.17) is 5.26 Å². The molecule has 1 heterocycles. The van der Waals surface area contributed by atoms with Crippen LogP contribution in [-0.4, -0.2) is 12.6 Å². The third kappa shape index (κ3) is 1.58. The van der Waals surface area contributed by atoms with Crippen LogP contribution in [0.2, 0.25) is 0 Å². The van der Waals surface area contributed by atoms with Gasteiger partial charge in [0.05, 0.1) is 6.07 Å². The Bertz CT molecular complexity index is 202. The fourth-order valence-electron chi connectivity index (χ4n) is 3.02. The lowest BCUT2D eigenvalue weighted by Crippen LogP contribution is -2.49. The van der Waals surface area contributed by atoms with E-state index in [1.165, 1.54) is 44.9 Å². The van der Waals surface area contributed by atoms with Crippen LogP contribution in [0.25, 0.3) is 0 Å². The van der Waals surface area contributed by atoms with Crippen LogP contribution in [-0.2, 0) is 0 Å². The van der Waals surface area contributed by atoms with Gasteiger partial charge in [-0.2, -0.15) is 5.26 Å². The molecule has 1 saturated carbocycles. The molecule has 1 unspecified atom stereocenters. The van der Waals surface area contributed by atoms with Crippen LogP contribution in [0.3, 0.4) is 0 Å². The van der Waals surface area contributed by atoms with Crippen LogP contribution >= 0.6 is 0 Å². The van der Waals surface area contributed by atoms with Crippen molar-refractivity contribution in [1.29, 1.82) is 5.26 Å². The first-order chi connectivity index (χ1) is 6.37. The summed E-state index contributed by atoms with van der Waals surface area (Å²) in [6, 6.07) is 2.59. The zero-order chi connectivity index (χ0) is 9.15. The Morgan fingerprint density at radius 1 is 1.08 bits per heavy atom. The second-order valence-electron chi connectivity index (χ2n) is 4.54. The van der Waals surface area contributed by atoms with Gasteiger partial charge in [0.25, 0.3) is 0 Å². The molecule has 1 spiro atoms. The second-order valence-corrected chi connectivity index (χ2v) is 4.54. The summed E-state index contributed by atoms with van der Waals surface area (Å²) in [6.45, 7) is 1.04. The minimum Gasteiger partial charge on any atom is -0.301 e. The summed E-state index contributed by atoms with van der Waals surface area (Å²) in [6.07, 6.45) is 9.13. The number of nitriles is 1. The average molecular weight is 178 g/mol. The zero-order valence-electron chi connectivity index (χ0n) is 8.18. The smallest absolute Gasteiger partial charge is 0.101 e. The van der Waals surface area contributed by atoms with Crippen molar-refractivity contribution >= 4 is 0 Å². The van der Waals surface area contributed by atoms with Crippen LogP contribution in [0.15, 0.2) is 0 Å². The largest absolute Gasteiger partial charge is 0.301 e. The summed E-state index contributed by atoms with van der Waals surface area (Å²) in [7, 11) is 0. The van der Waals surface area contributed by atoms with Gasteiger partial charge in [0, 0.05) is 0 Å². The molecule has 0 aromatic rings. The van der Waals surface area contributed by atoms with E-state index in [9.17, 15) is 0 Å². The molecule has 1 aliphatic heterocycles. The van der Waals surface area contributed by atoms with Gasteiger partial charge in [-0.25, -0.2) is 0 Å². The van der Waals surface area contributed by atoms with Crippen LogP contribution in [0, 0.1) is 16.7 Å². The third-order valence-corrected chi connectivity index (χ3v) is 3.79. The fraction of sp³-hybridized carbons (Fsp3) is 0.909. The molecule has 0 aromatic heterocycles. The van der Waals surface area contributed by atoms with E-state index in [0.29, 0.717) is 5.41 Å². The molecule has 1 aliphatic carbocycles. The Balaban J connectivity index is 2.11. The first-order valence-corrected chi connectivity index (χ1v) is 5.50. The number of nitrogens with one attached hydrogen (secondary N) is 1. The summed E-state index contributed by atoms with van der Waals surface area (Å²) in [5.74, 6) is 0. The molecular formula is C11H18N2. The summed E-state index contributed by atoms with van der Waals surface area (Å²) in [4.78, 5) is 0. The molecule has 2 rings (SSSR count).